The van der Waals surface area contributed by atoms with Crippen LogP contribution in [0.3, 0.4) is 0 Å². The van der Waals surface area contributed by atoms with Crippen molar-refractivity contribution < 1.29 is 92.7 Å². The van der Waals surface area contributed by atoms with Crippen molar-refractivity contribution in [3.63, 3.8) is 0 Å². The van der Waals surface area contributed by atoms with Gasteiger partial charge in [0.05, 0.1) is 13.2 Å². The number of benzene rings is 2. The molecule has 0 radical (unpaired) electrons. The van der Waals surface area contributed by atoms with Gasteiger partial charge in [0, 0.05) is 72.5 Å². The van der Waals surface area contributed by atoms with E-state index in [0.29, 0.717) is 38.3 Å². The Kier molecular flexibility index (Phi) is 22.9. The number of carbonyl (C=O) groups excluding carboxylic acids is 1. The summed E-state index contributed by atoms with van der Waals surface area (Å²) in [5.41, 5.74) is 22.4. The van der Waals surface area contributed by atoms with Gasteiger partial charge in [-0.1, -0.05) is 24.3 Å². The number of halogens is 6. The Bertz CT molecular complexity index is 2940. The average molecular weight is 1420 g/mol. The van der Waals surface area contributed by atoms with Gasteiger partial charge < -0.3 is 60.8 Å². The Morgan fingerprint density at radius 1 is 0.731 bits per heavy atom. The maximum atomic E-state index is 13.1. The van der Waals surface area contributed by atoms with E-state index in [1.165, 1.54) is 37.9 Å². The number of hydrogen-bond donors (Lipinski definition) is 3. The third-order valence-electron chi connectivity index (χ3n) is 13.0. The van der Waals surface area contributed by atoms with Crippen LogP contribution in [0.1, 0.15) is 71.4 Å². The number of aliphatic hydroxyl groups excluding tert-OH is 3. The number of pyridine rings is 2. The zero-order chi connectivity index (χ0) is 55.3. The van der Waals surface area contributed by atoms with Crippen molar-refractivity contribution in [2.45, 2.75) is 121 Å². The molecule has 0 spiro atoms. The Morgan fingerprint density at radius 2 is 1.22 bits per heavy atom. The van der Waals surface area contributed by atoms with Crippen LogP contribution in [-0.4, -0.2) is 123 Å². The van der Waals surface area contributed by atoms with E-state index >= 15 is 0 Å². The summed E-state index contributed by atoms with van der Waals surface area (Å²) in [6, 6.07) is 26.8. The van der Waals surface area contributed by atoms with E-state index in [9.17, 15) is 28.9 Å². The monoisotopic (exact) mass is 1410 g/mol. The first-order chi connectivity index (χ1) is 36.5. The summed E-state index contributed by atoms with van der Waals surface area (Å²) >= 11 is 3.46. The van der Waals surface area contributed by atoms with Crippen LogP contribution in [0.25, 0.3) is 20.9 Å². The number of aromatic nitrogens is 2. The minimum atomic E-state index is -2.24. The first-order valence-electron chi connectivity index (χ1n) is 24.5. The van der Waals surface area contributed by atoms with E-state index in [1.807, 2.05) is 37.3 Å². The van der Waals surface area contributed by atoms with E-state index in [1.54, 1.807) is 73.6 Å². The molecule has 23 heteroatoms. The first kappa shape index (κ1) is 63.6. The molecule has 0 aliphatic carbocycles. The fourth-order valence-corrected chi connectivity index (χ4v) is 11.8. The second-order valence-electron chi connectivity index (χ2n) is 19.6. The number of thiophene rings is 2. The molecule has 1 amide bonds. The molecule has 1 unspecified atom stereocenters. The Hall–Kier alpha value is -1.95. The topological polar surface area (TPSA) is 171 Å². The zero-order valence-corrected chi connectivity index (χ0v) is 52.9. The third kappa shape index (κ3) is 16.6. The predicted molar refractivity (Wildman–Crippen MR) is 301 cm³/mol. The molecule has 11 rings (SSSR count). The Morgan fingerprint density at radius 3 is 1.71 bits per heavy atom. The van der Waals surface area contributed by atoms with E-state index < -0.39 is 109 Å². The van der Waals surface area contributed by atoms with Crippen molar-refractivity contribution in [2.75, 3.05) is 26.3 Å². The van der Waals surface area contributed by atoms with Crippen LogP contribution in [-0.2, 0) is 50.8 Å². The Labute approximate surface area is 496 Å². The first-order valence-corrected chi connectivity index (χ1v) is 39.1. The summed E-state index contributed by atoms with van der Waals surface area (Å²) in [5.74, 6) is -2.78. The van der Waals surface area contributed by atoms with Crippen molar-refractivity contribution in [2.24, 2.45) is 0 Å². The molecule has 2 aromatic carbocycles. The van der Waals surface area contributed by atoms with Crippen LogP contribution in [0.2, 0.25) is 0 Å². The molecule has 6 aromatic rings. The molecule has 5 fully saturated rings. The van der Waals surface area contributed by atoms with Crippen molar-refractivity contribution >= 4 is 68.1 Å². The number of morpholine rings is 1. The van der Waals surface area contributed by atoms with Gasteiger partial charge in [-0.05, 0) is 153 Å². The summed E-state index contributed by atoms with van der Waals surface area (Å²) in [6.07, 6.45) is -2.66. The number of ether oxygens (including phenoxy) is 7. The maximum absolute atomic E-state index is 13.1. The minimum absolute atomic E-state index is 0. The number of aryl methyl sites for hydroxylation is 2. The van der Waals surface area contributed by atoms with Crippen molar-refractivity contribution in [1.82, 2.24) is 14.9 Å². The van der Waals surface area contributed by atoms with Crippen molar-refractivity contribution in [3.8, 4) is 20.9 Å². The van der Waals surface area contributed by atoms with Crippen LogP contribution < -0.4 is 0 Å². The normalized spacial score (nSPS) is 24.7. The van der Waals surface area contributed by atoms with E-state index in [-0.39, 0.29) is 13.3 Å². The number of amides is 1. The second kappa shape index (κ2) is 28.1. The molecule has 5 saturated heterocycles. The van der Waals surface area contributed by atoms with Gasteiger partial charge >= 0.3 is 47.6 Å². The summed E-state index contributed by atoms with van der Waals surface area (Å²) < 4.78 is 66.3. The van der Waals surface area contributed by atoms with Gasteiger partial charge in [-0.2, -0.15) is 8.78 Å². The van der Waals surface area contributed by atoms with Gasteiger partial charge in [0.1, 0.15) is 36.6 Å². The molecule has 421 valence electrons. The van der Waals surface area contributed by atoms with Crippen LogP contribution in [0.5, 0.6) is 0 Å². The zero-order valence-electron chi connectivity index (χ0n) is 43.7. The summed E-state index contributed by atoms with van der Waals surface area (Å²) in [5, 5.41) is 31.9. The van der Waals surface area contributed by atoms with Gasteiger partial charge in [0.2, 0.25) is 11.9 Å². The summed E-state index contributed by atoms with van der Waals surface area (Å²) in [6.45, 7) is 13.3. The quantitative estimate of drug-likeness (QED) is 0.0710. The molecule has 5 aliphatic heterocycles. The molecule has 78 heavy (non-hydrogen) atoms. The molecule has 0 bridgehead atoms. The van der Waals surface area contributed by atoms with Crippen molar-refractivity contribution in [1.29, 1.82) is 0 Å². The third-order valence-corrected chi connectivity index (χ3v) is 16.0. The van der Waals surface area contributed by atoms with E-state index in [4.69, 9.17) is 50.0 Å². The number of rotatable bonds is 9. The number of hydrogen-bond acceptors (Lipinski definition) is 15. The number of fused-ring (bicyclic) bond motifs is 2. The van der Waals surface area contributed by atoms with Crippen LogP contribution in [0.15, 0.2) is 97.3 Å². The standard InChI is InChI=1S/C25H26FNO5S.C17H13FINS.C12H19NO6.CH3.Ce.3ClH/c1-13-4-5-14(20(28)22-21(29)23-24(30-22)32-25(2,3)31-23)10-16(13)11-17-7-8-18(33-17)15-6-9-19(26)27-12-15;1-11-2-4-14(19)8-13(11)9-15-5-6-16(21-15)12-3-7-17(18)20-10-12;1-12(2)18-9-7(14)8(17-11(9)19-12)10(15)13-3-5-16-6-4-13;;;;;/h4-10,12,20-24,28-29H,11H2,1-3H3;2-8,10H,9H2,1H3;7-9,11,14H,3-6H2,1-2H3;1H3;;3*1H/q;;;-1;+3;;;/p-3/t20?,21-,22+,23+,24+;;7-,8-,9+,11+;;;;;/m1.1...../s1. The van der Waals surface area contributed by atoms with Crippen LogP contribution >= 0.6 is 62.1 Å². The number of aliphatic hydroxyl groups is 3. The van der Waals surface area contributed by atoms with Gasteiger partial charge in [-0.15, -0.1) is 22.7 Å². The molecular weight excluding hydrogens is 1350 g/mol. The predicted octanol–water partition coefficient (Wildman–Crippen LogP) is 11.2. The molecule has 3 N–H and O–H groups in total. The van der Waals surface area contributed by atoms with Crippen LogP contribution in [0, 0.1) is 67.4 Å². The molecule has 14 nitrogen and oxygen atoms in total. The summed E-state index contributed by atoms with van der Waals surface area (Å²) in [4.78, 5) is 25.9. The molecule has 5 aliphatic rings. The number of nitrogens with zero attached hydrogens (tertiary/aromatic N) is 3. The van der Waals surface area contributed by atoms with Gasteiger partial charge in [-0.25, -0.2) is 9.97 Å². The van der Waals surface area contributed by atoms with Crippen LogP contribution in [0.4, 0.5) is 8.78 Å². The molecule has 9 atom stereocenters. The SMILES string of the molecule is CC1(C)O[C@@H]2O[C@@H](C(=O)N3CCOCC3)[C@@H](O)[C@@H]2O1.Cc1ccc(C(O)[C@@H]2O[C@H]3OC(C)(C)O[C@H]3[C@@H]2O)cc1Cc1ccc(-c2ccc(F)nc2)s1.Cc1ccc(I)cc1Cc1ccc(-c2ccc(F)nc2)s1.[CH3-].[Cl][Ce]([Cl])[Cl]. The number of carbonyl (C=O) groups is 1. The fraction of sp³-hybridized carbons (Fsp3) is 0.418. The fourth-order valence-electron chi connectivity index (χ4n) is 9.20. The Balaban J connectivity index is 0.000000170. The second-order valence-corrected chi connectivity index (χ2v) is 37.0. The molecular formula is C55H61CeCl3F2IN3O11S2-. The van der Waals surface area contributed by atoms with Gasteiger partial charge in [-0.3, -0.25) is 4.79 Å². The molecule has 9 heterocycles. The van der Waals surface area contributed by atoms with E-state index in [2.05, 4.69) is 69.8 Å². The average Bonchev–Trinajstić information content (AvgIpc) is 4.27. The van der Waals surface area contributed by atoms with Gasteiger partial charge in [0.15, 0.2) is 30.3 Å². The van der Waals surface area contributed by atoms with E-state index in [0.717, 1.165) is 43.3 Å². The molecule has 4 aromatic heterocycles. The summed E-state index contributed by atoms with van der Waals surface area (Å²) in [7, 11) is 0. The van der Waals surface area contributed by atoms with Crippen molar-refractivity contribution in [3.05, 3.63) is 158 Å². The molecule has 0 saturated carbocycles. The van der Waals surface area contributed by atoms with Gasteiger partial charge in [0.25, 0.3) is 5.91 Å².